The van der Waals surface area contributed by atoms with Gasteiger partial charge in [0.05, 0.1) is 5.56 Å². The molecule has 1 aromatic rings. The van der Waals surface area contributed by atoms with E-state index in [1.54, 1.807) is 18.2 Å². The molecular weight excluding hydrogens is 307 g/mol. The van der Waals surface area contributed by atoms with Crippen LogP contribution in [0.3, 0.4) is 0 Å². The first-order valence-corrected chi connectivity index (χ1v) is 6.74. The van der Waals surface area contributed by atoms with Gasteiger partial charge in [0.2, 0.25) is 0 Å². The zero-order valence-corrected chi connectivity index (χ0v) is 12.1. The zero-order chi connectivity index (χ0) is 17.3. The summed E-state index contributed by atoms with van der Waals surface area (Å²) in [6.07, 6.45) is -4.17. The molecule has 1 heterocycles. The molecule has 1 aliphatic rings. The van der Waals surface area contributed by atoms with Gasteiger partial charge >= 0.3 is 6.18 Å². The largest absolute Gasteiger partial charge is 0.416 e. The molecule has 1 aliphatic heterocycles. The van der Waals surface area contributed by atoms with Crippen molar-refractivity contribution in [1.29, 1.82) is 15.8 Å². The van der Waals surface area contributed by atoms with Crippen LogP contribution in [0.25, 0.3) is 0 Å². The number of benzene rings is 1. The molecule has 1 aromatic carbocycles. The number of nitrogens with one attached hydrogen (secondary N) is 2. The molecule has 0 bridgehead atoms. The summed E-state index contributed by atoms with van der Waals surface area (Å²) in [4.78, 5) is 0. The summed E-state index contributed by atoms with van der Waals surface area (Å²) in [7, 11) is 0. The highest BCUT2D eigenvalue weighted by Gasteiger charge is 2.38. The van der Waals surface area contributed by atoms with Crippen molar-refractivity contribution in [2.45, 2.75) is 37.1 Å². The summed E-state index contributed by atoms with van der Waals surface area (Å²) in [6.45, 7) is 1.82. The first kappa shape index (κ1) is 16.6. The lowest BCUT2D eigenvalue weighted by molar-refractivity contribution is -0.137. The molecule has 0 spiro atoms. The average Bonchev–Trinajstić information content (AvgIpc) is 2.51. The molecule has 5 nitrogen and oxygen atoms in total. The number of hydrogen-bond donors (Lipinski definition) is 2. The van der Waals surface area contributed by atoms with Crippen molar-refractivity contribution < 1.29 is 13.2 Å². The van der Waals surface area contributed by atoms with Crippen molar-refractivity contribution in [1.82, 2.24) is 5.32 Å². The van der Waals surface area contributed by atoms with Gasteiger partial charge in [0.25, 0.3) is 5.54 Å². The smallest absolute Gasteiger partial charge is 0.382 e. The molecule has 0 aliphatic carbocycles. The fraction of sp³-hybridized carbons (Fsp3) is 0.400. The van der Waals surface area contributed by atoms with E-state index in [0.29, 0.717) is 12.1 Å². The van der Waals surface area contributed by atoms with Crippen LogP contribution in [0.15, 0.2) is 18.2 Å². The monoisotopic (exact) mass is 319 g/mol. The van der Waals surface area contributed by atoms with Crippen LogP contribution in [0.1, 0.15) is 30.5 Å². The second-order valence-electron chi connectivity index (χ2n) is 5.36. The maximum atomic E-state index is 12.9. The Hall–Kier alpha value is -2.76. The van der Waals surface area contributed by atoms with Crippen LogP contribution in [0, 0.1) is 34.0 Å². The van der Waals surface area contributed by atoms with Crippen molar-refractivity contribution in [2.75, 3.05) is 5.32 Å². The maximum absolute atomic E-state index is 12.9. The van der Waals surface area contributed by atoms with E-state index in [2.05, 4.69) is 10.6 Å². The molecule has 23 heavy (non-hydrogen) atoms. The van der Waals surface area contributed by atoms with Crippen LogP contribution in [-0.4, -0.2) is 11.6 Å². The Labute approximate surface area is 130 Å². The Balaban J connectivity index is 2.47. The third kappa shape index (κ3) is 3.21. The number of alkyl halides is 3. The second-order valence-corrected chi connectivity index (χ2v) is 5.36. The van der Waals surface area contributed by atoms with Crippen molar-refractivity contribution in [3.63, 3.8) is 0 Å². The maximum Gasteiger partial charge on any atom is 0.416 e. The Bertz CT molecular complexity index is 699. The molecule has 2 atom stereocenters. The topological polar surface area (TPSA) is 95.4 Å². The minimum atomic E-state index is -4.50. The van der Waals surface area contributed by atoms with Gasteiger partial charge in [-0.05, 0) is 37.1 Å². The molecule has 2 rings (SSSR count). The standard InChI is InChI=1S/C15H12F3N5/c1-9-4-13(23-14(6-19,7-20)8-21)11-5-10(15(16,17)18)2-3-12(11)22-9/h2-3,5,9,13,22-23H,4H2,1H3. The lowest BCUT2D eigenvalue weighted by atomic mass is 9.90. The lowest BCUT2D eigenvalue weighted by Crippen LogP contribution is -2.46. The van der Waals surface area contributed by atoms with E-state index >= 15 is 0 Å². The minimum absolute atomic E-state index is 0.0921. The molecule has 0 fully saturated rings. The van der Waals surface area contributed by atoms with Gasteiger partial charge in [0.1, 0.15) is 18.2 Å². The van der Waals surface area contributed by atoms with Crippen molar-refractivity contribution in [3.05, 3.63) is 29.3 Å². The van der Waals surface area contributed by atoms with E-state index in [4.69, 9.17) is 15.8 Å². The molecule has 0 radical (unpaired) electrons. The summed E-state index contributed by atoms with van der Waals surface area (Å²) in [5.74, 6) is 0. The van der Waals surface area contributed by atoms with Gasteiger partial charge in [-0.3, -0.25) is 5.32 Å². The van der Waals surface area contributed by atoms with Gasteiger partial charge in [0.15, 0.2) is 0 Å². The highest BCUT2D eigenvalue weighted by Crippen LogP contribution is 2.38. The summed E-state index contributed by atoms with van der Waals surface area (Å²) >= 11 is 0. The third-order valence-corrected chi connectivity index (χ3v) is 3.64. The van der Waals surface area contributed by atoms with Gasteiger partial charge in [-0.1, -0.05) is 0 Å². The summed E-state index contributed by atoms with van der Waals surface area (Å²) in [5.41, 5.74) is -2.16. The van der Waals surface area contributed by atoms with E-state index in [0.717, 1.165) is 12.1 Å². The van der Waals surface area contributed by atoms with Gasteiger partial charge in [-0.25, -0.2) is 0 Å². The van der Waals surface area contributed by atoms with E-state index in [1.807, 2.05) is 6.92 Å². The van der Waals surface area contributed by atoms with Crippen molar-refractivity contribution in [2.24, 2.45) is 0 Å². The number of rotatable bonds is 2. The molecule has 2 unspecified atom stereocenters. The number of halogens is 3. The average molecular weight is 319 g/mol. The van der Waals surface area contributed by atoms with Crippen LogP contribution >= 0.6 is 0 Å². The number of nitrogens with zero attached hydrogens (tertiary/aromatic N) is 3. The normalized spacial score (nSPS) is 20.4. The van der Waals surface area contributed by atoms with E-state index in [-0.39, 0.29) is 11.6 Å². The van der Waals surface area contributed by atoms with Crippen LogP contribution in [-0.2, 0) is 6.18 Å². The predicted octanol–water partition coefficient (Wildman–Crippen LogP) is 2.85. The second kappa shape index (κ2) is 5.79. The molecule has 118 valence electrons. The quantitative estimate of drug-likeness (QED) is 0.874. The Morgan fingerprint density at radius 3 is 2.30 bits per heavy atom. The van der Waals surface area contributed by atoms with Gasteiger partial charge in [0, 0.05) is 17.8 Å². The SMILES string of the molecule is CC1CC(NC(C#N)(C#N)C#N)c2cc(C(F)(F)F)ccc2N1. The zero-order valence-electron chi connectivity index (χ0n) is 12.1. The highest BCUT2D eigenvalue weighted by molar-refractivity contribution is 5.57. The number of fused-ring (bicyclic) bond motifs is 1. The highest BCUT2D eigenvalue weighted by atomic mass is 19.4. The van der Waals surface area contributed by atoms with Gasteiger partial charge in [-0.2, -0.15) is 29.0 Å². The lowest BCUT2D eigenvalue weighted by Gasteiger charge is -2.34. The van der Waals surface area contributed by atoms with Crippen LogP contribution in [0.5, 0.6) is 0 Å². The molecule has 0 saturated heterocycles. The summed E-state index contributed by atoms with van der Waals surface area (Å²) in [6, 6.07) is 7.17. The van der Waals surface area contributed by atoms with E-state index in [1.165, 1.54) is 6.07 Å². The number of anilines is 1. The fourth-order valence-electron chi connectivity index (χ4n) is 2.53. The third-order valence-electron chi connectivity index (χ3n) is 3.64. The van der Waals surface area contributed by atoms with E-state index in [9.17, 15) is 13.2 Å². The number of hydrogen-bond acceptors (Lipinski definition) is 5. The first-order valence-electron chi connectivity index (χ1n) is 6.74. The molecule has 8 heteroatoms. The molecule has 2 N–H and O–H groups in total. The molecular formula is C15H12F3N5. The predicted molar refractivity (Wildman–Crippen MR) is 74.6 cm³/mol. The van der Waals surface area contributed by atoms with Crippen LogP contribution < -0.4 is 10.6 Å². The Kier molecular flexibility index (Phi) is 4.18. The minimum Gasteiger partial charge on any atom is -0.382 e. The van der Waals surface area contributed by atoms with Gasteiger partial charge < -0.3 is 5.32 Å². The summed E-state index contributed by atoms with van der Waals surface area (Å²) < 4.78 is 38.7. The molecule has 0 amide bonds. The molecule has 0 saturated carbocycles. The van der Waals surface area contributed by atoms with Crippen molar-refractivity contribution in [3.8, 4) is 18.2 Å². The van der Waals surface area contributed by atoms with Crippen LogP contribution in [0.4, 0.5) is 18.9 Å². The van der Waals surface area contributed by atoms with Crippen LogP contribution in [0.2, 0.25) is 0 Å². The van der Waals surface area contributed by atoms with E-state index < -0.39 is 23.3 Å². The fourth-order valence-corrected chi connectivity index (χ4v) is 2.53. The first-order chi connectivity index (χ1) is 10.7. The van der Waals surface area contributed by atoms with Gasteiger partial charge in [-0.15, -0.1) is 0 Å². The Morgan fingerprint density at radius 1 is 1.17 bits per heavy atom. The number of nitriles is 3. The van der Waals surface area contributed by atoms with Crippen molar-refractivity contribution >= 4 is 5.69 Å². The summed E-state index contributed by atoms with van der Waals surface area (Å²) in [5, 5.41) is 32.8. The Morgan fingerprint density at radius 2 is 1.78 bits per heavy atom. The molecule has 0 aromatic heterocycles.